The number of nitrogens with zero attached hydrogens (tertiary/aromatic N) is 6. The molecule has 2 aliphatic heterocycles. The molecule has 0 spiro atoms. The van der Waals surface area contributed by atoms with Crippen LogP contribution in [0.2, 0.25) is 0 Å². The average molecular weight is 471 g/mol. The molecule has 1 N–H and O–H groups in total. The molecule has 2 aromatic heterocycles. The van der Waals surface area contributed by atoms with Gasteiger partial charge in [0.05, 0.1) is 23.1 Å². The van der Waals surface area contributed by atoms with E-state index in [9.17, 15) is 14.0 Å². The normalized spacial score (nSPS) is 19.5. The molecule has 9 nitrogen and oxygen atoms in total. The van der Waals surface area contributed by atoms with Gasteiger partial charge in [0.1, 0.15) is 5.82 Å². The van der Waals surface area contributed by atoms with E-state index in [-0.39, 0.29) is 23.8 Å². The highest BCUT2D eigenvalue weighted by molar-refractivity contribution is 6.17. The van der Waals surface area contributed by atoms with Gasteiger partial charge in [-0.2, -0.15) is 4.99 Å². The van der Waals surface area contributed by atoms with Gasteiger partial charge in [0.25, 0.3) is 0 Å². The number of nitrogens with one attached hydrogen (secondary N) is 1. The summed E-state index contributed by atoms with van der Waals surface area (Å²) in [5, 5.41) is 2.79. The monoisotopic (exact) mass is 471 g/mol. The molecule has 176 valence electrons. The summed E-state index contributed by atoms with van der Waals surface area (Å²) in [7, 11) is 0. The lowest BCUT2D eigenvalue weighted by Gasteiger charge is -2.34. The number of urea groups is 1. The second kappa shape index (κ2) is 8.15. The summed E-state index contributed by atoms with van der Waals surface area (Å²) in [4.78, 5) is 41.2. The predicted octanol–water partition coefficient (Wildman–Crippen LogP) is 2.69. The van der Waals surface area contributed by atoms with Crippen molar-refractivity contribution in [2.45, 2.75) is 13.0 Å². The van der Waals surface area contributed by atoms with Crippen molar-refractivity contribution in [3.8, 4) is 11.3 Å². The summed E-state index contributed by atoms with van der Waals surface area (Å²) in [5.74, 6) is 0.461. The summed E-state index contributed by atoms with van der Waals surface area (Å²) >= 11 is 0. The van der Waals surface area contributed by atoms with Gasteiger partial charge in [0.15, 0.2) is 11.5 Å². The Labute approximate surface area is 200 Å². The summed E-state index contributed by atoms with van der Waals surface area (Å²) in [6, 6.07) is 5.62. The Hall–Kier alpha value is -4.34. The van der Waals surface area contributed by atoms with E-state index in [1.807, 2.05) is 33.7 Å². The van der Waals surface area contributed by atoms with Crippen LogP contribution < -0.4 is 10.2 Å². The van der Waals surface area contributed by atoms with Crippen LogP contribution in [0.25, 0.3) is 22.5 Å². The molecule has 1 atom stereocenters. The molecule has 10 heteroatoms. The molecule has 1 fully saturated rings. The summed E-state index contributed by atoms with van der Waals surface area (Å²) in [6.07, 6.45) is 9.30. The lowest BCUT2D eigenvalue weighted by atomic mass is 9.97. The van der Waals surface area contributed by atoms with Gasteiger partial charge in [0, 0.05) is 56.6 Å². The first-order valence-corrected chi connectivity index (χ1v) is 11.4. The van der Waals surface area contributed by atoms with Crippen LogP contribution >= 0.6 is 0 Å². The molecule has 3 amide bonds. The number of amides is 3. The maximum absolute atomic E-state index is 13.7. The number of rotatable bonds is 3. The molecule has 35 heavy (non-hydrogen) atoms. The van der Waals surface area contributed by atoms with Gasteiger partial charge in [-0.1, -0.05) is 12.2 Å². The van der Waals surface area contributed by atoms with Gasteiger partial charge in [-0.25, -0.2) is 19.2 Å². The van der Waals surface area contributed by atoms with Crippen molar-refractivity contribution in [2.75, 3.05) is 31.1 Å². The molecule has 0 radical (unpaired) electrons. The number of piperazine rings is 1. The van der Waals surface area contributed by atoms with Crippen molar-refractivity contribution in [3.63, 3.8) is 0 Å². The lowest BCUT2D eigenvalue weighted by Crippen LogP contribution is -2.48. The molecule has 0 bridgehead atoms. The number of imidazole rings is 1. The minimum absolute atomic E-state index is 0.0645. The van der Waals surface area contributed by atoms with Crippen molar-refractivity contribution in [3.05, 3.63) is 66.4 Å². The highest BCUT2D eigenvalue weighted by atomic mass is 19.1. The number of anilines is 1. The fourth-order valence-corrected chi connectivity index (χ4v) is 4.75. The Kier molecular flexibility index (Phi) is 4.94. The SMILES string of the molecule is CC(=O)N1CCN(c2nccn3c(C4=CC5=NC(=O)NC5C=C4)c(-c4ccc(F)cc4)nc23)CC1. The number of hydrogen-bond donors (Lipinski definition) is 1. The number of allylic oxidation sites excluding steroid dienone is 2. The lowest BCUT2D eigenvalue weighted by molar-refractivity contribution is -0.129. The molecule has 1 aromatic carbocycles. The third kappa shape index (κ3) is 3.67. The second-order valence-corrected chi connectivity index (χ2v) is 8.68. The zero-order chi connectivity index (χ0) is 24.1. The van der Waals surface area contributed by atoms with Gasteiger partial charge < -0.3 is 15.1 Å². The molecule has 1 unspecified atom stereocenters. The topological polar surface area (TPSA) is 95.2 Å². The molecule has 1 saturated heterocycles. The van der Waals surface area contributed by atoms with Crippen LogP contribution in [0, 0.1) is 5.82 Å². The third-order valence-electron chi connectivity index (χ3n) is 6.54. The highest BCUT2D eigenvalue weighted by Gasteiger charge is 2.29. The molecular formula is C25H22FN7O2. The van der Waals surface area contributed by atoms with E-state index in [1.54, 1.807) is 25.3 Å². The van der Waals surface area contributed by atoms with Gasteiger partial charge in [-0.3, -0.25) is 9.20 Å². The smallest absolute Gasteiger partial charge is 0.342 e. The third-order valence-corrected chi connectivity index (χ3v) is 6.54. The largest absolute Gasteiger partial charge is 0.350 e. The van der Waals surface area contributed by atoms with Crippen LogP contribution in [0.3, 0.4) is 0 Å². The van der Waals surface area contributed by atoms with Gasteiger partial charge in [0.2, 0.25) is 5.91 Å². The molecule has 6 rings (SSSR count). The molecule has 1 aliphatic carbocycles. The first kappa shape index (κ1) is 21.2. The van der Waals surface area contributed by atoms with Crippen molar-refractivity contribution in [1.29, 1.82) is 0 Å². The zero-order valence-electron chi connectivity index (χ0n) is 19.0. The van der Waals surface area contributed by atoms with Crippen molar-refractivity contribution >= 4 is 34.7 Å². The van der Waals surface area contributed by atoms with Crippen LogP contribution in [0.15, 0.2) is 59.9 Å². The molecule has 3 aliphatic rings. The van der Waals surface area contributed by atoms with E-state index < -0.39 is 0 Å². The molecule has 3 aromatic rings. The number of halogens is 1. The average Bonchev–Trinajstić information content (AvgIpc) is 3.43. The maximum atomic E-state index is 13.7. The van der Waals surface area contributed by atoms with Crippen molar-refractivity contribution < 1.29 is 14.0 Å². The highest BCUT2D eigenvalue weighted by Crippen LogP contribution is 2.34. The Morgan fingerprint density at radius 3 is 2.66 bits per heavy atom. The number of fused-ring (bicyclic) bond motifs is 2. The minimum Gasteiger partial charge on any atom is -0.350 e. The number of carbonyl (C=O) groups excluding carboxylic acids is 2. The molecule has 4 heterocycles. The summed E-state index contributed by atoms with van der Waals surface area (Å²) in [6.45, 7) is 4.11. The van der Waals surface area contributed by atoms with Crippen LogP contribution in [0.4, 0.5) is 15.0 Å². The van der Waals surface area contributed by atoms with E-state index >= 15 is 0 Å². The van der Waals surface area contributed by atoms with E-state index in [1.165, 1.54) is 12.1 Å². The fraction of sp³-hybridized carbons (Fsp3) is 0.240. The summed E-state index contributed by atoms with van der Waals surface area (Å²) < 4.78 is 15.7. The Bertz CT molecular complexity index is 1450. The Morgan fingerprint density at radius 1 is 1.14 bits per heavy atom. The zero-order valence-corrected chi connectivity index (χ0v) is 19.0. The van der Waals surface area contributed by atoms with Gasteiger partial charge >= 0.3 is 6.03 Å². The fourth-order valence-electron chi connectivity index (χ4n) is 4.75. The van der Waals surface area contributed by atoms with Crippen LogP contribution in [0.1, 0.15) is 12.6 Å². The predicted molar refractivity (Wildman–Crippen MR) is 130 cm³/mol. The second-order valence-electron chi connectivity index (χ2n) is 8.68. The van der Waals surface area contributed by atoms with Gasteiger partial charge in [-0.05, 0) is 30.3 Å². The number of hydrogen-bond acceptors (Lipinski definition) is 5. The number of aromatic nitrogens is 3. The minimum atomic E-state index is -0.361. The molecular weight excluding hydrogens is 449 g/mol. The maximum Gasteiger partial charge on any atom is 0.342 e. The Morgan fingerprint density at radius 2 is 1.91 bits per heavy atom. The number of aliphatic imine (C=N–C) groups is 1. The van der Waals surface area contributed by atoms with Gasteiger partial charge in [-0.15, -0.1) is 0 Å². The van der Waals surface area contributed by atoms with E-state index in [0.29, 0.717) is 43.2 Å². The van der Waals surface area contributed by atoms with E-state index in [4.69, 9.17) is 4.98 Å². The number of benzene rings is 1. The van der Waals surface area contributed by atoms with Crippen LogP contribution in [-0.2, 0) is 4.79 Å². The van der Waals surface area contributed by atoms with Crippen molar-refractivity contribution in [1.82, 2.24) is 24.6 Å². The quantitative estimate of drug-likeness (QED) is 0.634. The van der Waals surface area contributed by atoms with E-state index in [2.05, 4.69) is 20.2 Å². The number of carbonyl (C=O) groups is 2. The molecule has 0 saturated carbocycles. The first-order valence-electron chi connectivity index (χ1n) is 11.4. The Balaban J connectivity index is 1.50. The van der Waals surface area contributed by atoms with Crippen molar-refractivity contribution in [2.24, 2.45) is 4.99 Å². The van der Waals surface area contributed by atoms with E-state index in [0.717, 1.165) is 22.6 Å². The first-order chi connectivity index (χ1) is 17.0. The summed E-state index contributed by atoms with van der Waals surface area (Å²) in [5.41, 5.74) is 4.38. The standard InChI is InChI=1S/C25H22FN7O2/c1-15(34)31-10-12-32(13-11-31)23-24-30-21(16-2-5-18(26)6-3-16)22(33(24)9-8-27-23)17-4-7-19-20(14-17)29-25(35)28-19/h2-9,14,19H,10-13H2,1H3,(H,28,35). The van der Waals surface area contributed by atoms with Crippen LogP contribution in [0.5, 0.6) is 0 Å². The van der Waals surface area contributed by atoms with Crippen LogP contribution in [-0.4, -0.2) is 69.1 Å².